The van der Waals surface area contributed by atoms with Gasteiger partial charge in [0.15, 0.2) is 0 Å². The van der Waals surface area contributed by atoms with E-state index >= 15 is 0 Å². The zero-order valence-electron chi connectivity index (χ0n) is 21.4. The highest BCUT2D eigenvalue weighted by molar-refractivity contribution is 7.19. The van der Waals surface area contributed by atoms with Crippen LogP contribution in [0, 0.1) is 12.8 Å². The Morgan fingerprint density at radius 2 is 2.00 bits per heavy atom. The number of carbonyl (C=O) groups excluding carboxylic acids is 2. The first-order valence-corrected chi connectivity index (χ1v) is 14.3. The van der Waals surface area contributed by atoms with Crippen LogP contribution in [0.15, 0.2) is 29.3 Å². The fourth-order valence-corrected chi connectivity index (χ4v) is 6.93. The van der Waals surface area contributed by atoms with Gasteiger partial charge in [-0.25, -0.2) is 9.97 Å². The smallest absolute Gasteiger partial charge is 0.278 e. The fourth-order valence-electron chi connectivity index (χ4n) is 5.18. The van der Waals surface area contributed by atoms with Crippen molar-refractivity contribution in [2.45, 2.75) is 45.2 Å². The Hall–Kier alpha value is -3.91. The molecule has 2 aliphatic rings. The lowest BCUT2D eigenvalue weighted by atomic mass is 10.1. The molecule has 1 saturated heterocycles. The van der Waals surface area contributed by atoms with Crippen molar-refractivity contribution in [1.29, 1.82) is 0 Å². The van der Waals surface area contributed by atoms with Crippen LogP contribution in [0.3, 0.4) is 0 Å². The first-order valence-electron chi connectivity index (χ1n) is 12.7. The molecule has 14 heteroatoms. The third-order valence-electron chi connectivity index (χ3n) is 7.17. The lowest BCUT2D eigenvalue weighted by Crippen LogP contribution is -2.37. The number of thiophene rings is 1. The monoisotopic (exact) mass is 565 g/mol. The number of aryl methyl sites for hydroxylation is 1. The maximum Gasteiger partial charge on any atom is 0.278 e. The molecule has 4 aromatic rings. The molecule has 12 nitrogen and oxygen atoms in total. The highest BCUT2D eigenvalue weighted by Crippen LogP contribution is 2.34. The van der Waals surface area contributed by atoms with E-state index in [1.807, 2.05) is 30.9 Å². The van der Waals surface area contributed by atoms with E-state index < -0.39 is 11.6 Å². The Balaban J connectivity index is 1.15. The van der Waals surface area contributed by atoms with Crippen LogP contribution in [0.4, 0.5) is 16.6 Å². The molecule has 6 heterocycles. The van der Waals surface area contributed by atoms with E-state index in [1.54, 1.807) is 6.20 Å². The van der Waals surface area contributed by atoms with Gasteiger partial charge in [-0.1, -0.05) is 18.3 Å². The second kappa shape index (κ2) is 10.0. The molecule has 0 unspecified atom stereocenters. The van der Waals surface area contributed by atoms with Crippen molar-refractivity contribution in [3.05, 3.63) is 50.6 Å². The number of nitrogens with zero attached hydrogens (tertiary/aromatic N) is 6. The van der Waals surface area contributed by atoms with E-state index in [0.29, 0.717) is 44.1 Å². The second-order valence-electron chi connectivity index (χ2n) is 9.96. The summed E-state index contributed by atoms with van der Waals surface area (Å²) < 4.78 is 2.42. The topological polar surface area (TPSA) is 161 Å². The van der Waals surface area contributed by atoms with Crippen molar-refractivity contribution in [3.63, 3.8) is 0 Å². The summed E-state index contributed by atoms with van der Waals surface area (Å²) >= 11 is 3.02. The Kier molecular flexibility index (Phi) is 6.51. The largest absolute Gasteiger partial charge is 0.384 e. The molecule has 3 atom stereocenters. The quantitative estimate of drug-likeness (QED) is 0.319. The Bertz CT molecular complexity index is 1650. The van der Waals surface area contributed by atoms with Gasteiger partial charge in [-0.3, -0.25) is 19.0 Å². The maximum absolute atomic E-state index is 13.5. The van der Waals surface area contributed by atoms with Gasteiger partial charge in [0.05, 0.1) is 18.7 Å². The minimum absolute atomic E-state index is 0.0738. The van der Waals surface area contributed by atoms with E-state index in [0.717, 1.165) is 25.1 Å². The maximum atomic E-state index is 13.5. The highest BCUT2D eigenvalue weighted by atomic mass is 32.1. The predicted molar refractivity (Wildman–Crippen MR) is 150 cm³/mol. The zero-order valence-corrected chi connectivity index (χ0v) is 23.0. The predicted octanol–water partition coefficient (Wildman–Crippen LogP) is 2.42. The Morgan fingerprint density at radius 1 is 1.15 bits per heavy atom. The number of nitrogen functional groups attached to an aromatic ring is 1. The number of anilines is 3. The lowest BCUT2D eigenvalue weighted by Gasteiger charge is -2.16. The second-order valence-corrected chi connectivity index (χ2v) is 12.3. The molecular formula is C25H27N9O3S2. The van der Waals surface area contributed by atoms with Gasteiger partial charge >= 0.3 is 0 Å². The SMILES string of the molecule is Cc1nnc(N2CC[C@@H](C(=O)Nc3cnc4n(c3=O)[C@H](C(=O)NCc3cc5cnc(N)cc5s3)C[C@H]4C)C2)s1. The molecular weight excluding hydrogens is 538 g/mol. The number of pyridine rings is 1. The van der Waals surface area contributed by atoms with Crippen molar-refractivity contribution >= 4 is 61.2 Å². The zero-order chi connectivity index (χ0) is 27.3. The van der Waals surface area contributed by atoms with Crippen LogP contribution in [0.25, 0.3) is 10.1 Å². The van der Waals surface area contributed by atoms with Crippen LogP contribution >= 0.6 is 22.7 Å². The van der Waals surface area contributed by atoms with Gasteiger partial charge in [-0.05, 0) is 31.9 Å². The normalized spacial score (nSPS) is 20.4. The van der Waals surface area contributed by atoms with Crippen LogP contribution in [-0.2, 0) is 16.1 Å². The summed E-state index contributed by atoms with van der Waals surface area (Å²) in [6, 6.07) is 3.07. The van der Waals surface area contributed by atoms with Crippen LogP contribution < -0.4 is 26.8 Å². The average Bonchev–Trinajstić information content (AvgIpc) is 3.70. The molecule has 4 aromatic heterocycles. The molecule has 4 N–H and O–H groups in total. The van der Waals surface area contributed by atoms with E-state index in [1.165, 1.54) is 33.4 Å². The molecule has 1 fully saturated rings. The van der Waals surface area contributed by atoms with E-state index in [9.17, 15) is 14.4 Å². The van der Waals surface area contributed by atoms with Crippen molar-refractivity contribution in [2.24, 2.45) is 5.92 Å². The van der Waals surface area contributed by atoms with Crippen molar-refractivity contribution < 1.29 is 9.59 Å². The number of nitrogens with two attached hydrogens (primary N) is 1. The van der Waals surface area contributed by atoms with Gasteiger partial charge in [0, 0.05) is 40.2 Å². The molecule has 2 aliphatic heterocycles. The Morgan fingerprint density at radius 3 is 2.79 bits per heavy atom. The summed E-state index contributed by atoms with van der Waals surface area (Å²) in [6.45, 7) is 5.35. The van der Waals surface area contributed by atoms with E-state index in [-0.39, 0.29) is 29.3 Å². The summed E-state index contributed by atoms with van der Waals surface area (Å²) in [7, 11) is 0. The summed E-state index contributed by atoms with van der Waals surface area (Å²) in [4.78, 5) is 51.3. The van der Waals surface area contributed by atoms with Crippen LogP contribution in [0.2, 0.25) is 0 Å². The van der Waals surface area contributed by atoms with Gasteiger partial charge < -0.3 is 21.3 Å². The van der Waals surface area contributed by atoms with E-state index in [2.05, 4.69) is 30.8 Å². The summed E-state index contributed by atoms with van der Waals surface area (Å²) in [6.07, 6.45) is 4.22. The van der Waals surface area contributed by atoms with Gasteiger partial charge in [-0.15, -0.1) is 21.5 Å². The van der Waals surface area contributed by atoms with Gasteiger partial charge in [0.2, 0.25) is 16.9 Å². The number of nitrogens with one attached hydrogen (secondary N) is 2. The molecule has 0 radical (unpaired) electrons. The molecule has 39 heavy (non-hydrogen) atoms. The van der Waals surface area contributed by atoms with Crippen LogP contribution in [0.5, 0.6) is 0 Å². The summed E-state index contributed by atoms with van der Waals surface area (Å²) in [5.74, 6) is 0.114. The minimum Gasteiger partial charge on any atom is -0.384 e. The third kappa shape index (κ3) is 4.85. The van der Waals surface area contributed by atoms with Gasteiger partial charge in [0.25, 0.3) is 5.56 Å². The number of fused-ring (bicyclic) bond motifs is 2. The lowest BCUT2D eigenvalue weighted by molar-refractivity contribution is -0.124. The average molecular weight is 566 g/mol. The summed E-state index contributed by atoms with van der Waals surface area (Å²) in [5.41, 5.74) is 5.43. The van der Waals surface area contributed by atoms with E-state index in [4.69, 9.17) is 5.73 Å². The number of hydrogen-bond acceptors (Lipinski definition) is 11. The number of aromatic nitrogens is 5. The number of carbonyl (C=O) groups is 2. The molecule has 0 spiro atoms. The molecule has 0 aromatic carbocycles. The minimum atomic E-state index is -0.707. The number of hydrogen-bond donors (Lipinski definition) is 3. The van der Waals surface area contributed by atoms with Gasteiger partial charge in [0.1, 0.15) is 28.4 Å². The fraction of sp³-hybridized carbons (Fsp3) is 0.400. The number of rotatable bonds is 6. The van der Waals surface area contributed by atoms with Crippen molar-refractivity contribution in [2.75, 3.05) is 29.0 Å². The van der Waals surface area contributed by atoms with Crippen LogP contribution in [0.1, 0.15) is 47.4 Å². The Labute approximate surface area is 231 Å². The summed E-state index contributed by atoms with van der Waals surface area (Å²) in [5, 5.41) is 16.6. The molecule has 2 amide bonds. The van der Waals surface area contributed by atoms with Crippen molar-refractivity contribution in [1.82, 2.24) is 30.0 Å². The highest BCUT2D eigenvalue weighted by Gasteiger charge is 2.36. The standard InChI is InChI=1S/C25H27N9O3S2/c1-12-5-18(23(36)29-9-16-6-15-8-27-20(26)7-19(15)39-16)34-21(12)28-10-17(24(34)37)30-22(35)14-3-4-33(11-14)25-32-31-13(2)38-25/h6-8,10,12,14,18H,3-5,9,11H2,1-2H3,(H2,26,27)(H,29,36)(H,30,35)/t12-,14-,18+/m1/s1. The van der Waals surface area contributed by atoms with Crippen LogP contribution in [-0.4, -0.2) is 49.6 Å². The number of amides is 2. The van der Waals surface area contributed by atoms with Crippen molar-refractivity contribution in [3.8, 4) is 0 Å². The molecule has 6 rings (SSSR count). The first kappa shape index (κ1) is 25.4. The third-order valence-corrected chi connectivity index (χ3v) is 9.16. The first-order chi connectivity index (χ1) is 18.8. The molecule has 202 valence electrons. The molecule has 0 bridgehead atoms. The molecule has 0 aliphatic carbocycles. The van der Waals surface area contributed by atoms with Gasteiger partial charge in [-0.2, -0.15) is 0 Å². The molecule has 0 saturated carbocycles.